The maximum atomic E-state index is 15.0. The van der Waals surface area contributed by atoms with E-state index in [1.165, 1.54) is 28.8 Å². The van der Waals surface area contributed by atoms with Gasteiger partial charge in [-0.05, 0) is 72.8 Å². The van der Waals surface area contributed by atoms with Crippen molar-refractivity contribution in [1.82, 2.24) is 20.0 Å². The van der Waals surface area contributed by atoms with E-state index in [1.54, 1.807) is 23.1 Å². The quantitative estimate of drug-likeness (QED) is 0.405. The van der Waals surface area contributed by atoms with E-state index in [1.807, 2.05) is 37.8 Å². The van der Waals surface area contributed by atoms with Crippen LogP contribution < -0.4 is 5.32 Å². The molecule has 4 aliphatic heterocycles. The van der Waals surface area contributed by atoms with Crippen LogP contribution in [0.15, 0.2) is 58.1 Å². The number of carbonyl (C=O) groups excluding carboxylic acids is 2. The zero-order valence-corrected chi connectivity index (χ0v) is 27.7. The second-order valence-electron chi connectivity index (χ2n) is 13.2. The highest BCUT2D eigenvalue weighted by Gasteiger charge is 2.55. The Bertz CT molecular complexity index is 1630. The molecule has 2 amide bonds. The van der Waals surface area contributed by atoms with Crippen molar-refractivity contribution in [1.29, 1.82) is 0 Å². The minimum atomic E-state index is -1.29. The van der Waals surface area contributed by atoms with Crippen LogP contribution in [-0.4, -0.2) is 75.6 Å². The van der Waals surface area contributed by atoms with Gasteiger partial charge >= 0.3 is 0 Å². The van der Waals surface area contributed by atoms with E-state index in [-0.39, 0.29) is 41.3 Å². The van der Waals surface area contributed by atoms with Crippen molar-refractivity contribution in [2.45, 2.75) is 69.4 Å². The molecule has 0 unspecified atom stereocenters. The molecule has 0 aromatic heterocycles. The monoisotopic (exact) mass is 673 g/mol. The van der Waals surface area contributed by atoms with Crippen LogP contribution in [0.4, 0.5) is 8.78 Å². The Kier molecular flexibility index (Phi) is 7.74. The van der Waals surface area contributed by atoms with Crippen molar-refractivity contribution < 1.29 is 18.4 Å². The molecular formula is C33H35Cl2F2N5O2S. The summed E-state index contributed by atoms with van der Waals surface area (Å²) in [7, 11) is 0. The summed E-state index contributed by atoms with van der Waals surface area (Å²) in [6.07, 6.45) is 0.735. The molecule has 5 aliphatic rings. The van der Waals surface area contributed by atoms with Crippen molar-refractivity contribution in [3.63, 3.8) is 0 Å². The number of piperazine rings is 1. The van der Waals surface area contributed by atoms with E-state index in [0.29, 0.717) is 40.3 Å². The number of nitrogens with zero attached hydrogens (tertiary/aromatic N) is 4. The van der Waals surface area contributed by atoms with Gasteiger partial charge in [0.2, 0.25) is 5.91 Å². The third-order valence-electron chi connectivity index (χ3n) is 9.78. The topological polar surface area (TPSA) is 68.2 Å². The first kappa shape index (κ1) is 31.0. The summed E-state index contributed by atoms with van der Waals surface area (Å²) in [6, 6.07) is 10.8. The van der Waals surface area contributed by atoms with E-state index in [0.717, 1.165) is 24.1 Å². The predicted molar refractivity (Wildman–Crippen MR) is 173 cm³/mol. The van der Waals surface area contributed by atoms with Crippen LogP contribution in [0.2, 0.25) is 10.0 Å². The van der Waals surface area contributed by atoms with Crippen molar-refractivity contribution in [2.24, 2.45) is 10.9 Å². The number of rotatable bonds is 5. The van der Waals surface area contributed by atoms with Gasteiger partial charge in [-0.25, -0.2) is 13.8 Å². The predicted octanol–water partition coefficient (Wildman–Crippen LogP) is 6.28. The van der Waals surface area contributed by atoms with E-state index in [2.05, 4.69) is 5.32 Å². The number of carbonyl (C=O) groups is 2. The van der Waals surface area contributed by atoms with Gasteiger partial charge in [0.25, 0.3) is 5.91 Å². The van der Waals surface area contributed by atoms with Crippen molar-refractivity contribution in [3.8, 4) is 0 Å². The molecule has 3 fully saturated rings. The first-order chi connectivity index (χ1) is 21.4. The fraction of sp³-hybridized carbons (Fsp3) is 0.485. The Morgan fingerprint density at radius 1 is 1.13 bits per heavy atom. The molecule has 238 valence electrons. The highest BCUT2D eigenvalue weighted by atomic mass is 35.5. The Morgan fingerprint density at radius 2 is 1.87 bits per heavy atom. The minimum absolute atomic E-state index is 0.0115. The summed E-state index contributed by atoms with van der Waals surface area (Å²) in [5.41, 5.74) is 1.35. The van der Waals surface area contributed by atoms with Crippen molar-refractivity contribution in [3.05, 3.63) is 80.1 Å². The Labute approximate surface area is 276 Å². The van der Waals surface area contributed by atoms with Gasteiger partial charge in [-0.3, -0.25) is 9.59 Å². The molecule has 2 aromatic carbocycles. The number of hydrogen-bond acceptors (Lipinski definition) is 6. The standard InChI is InChI=1S/C33H35Cl2F2N5O2S/c1-18(2)26-27(30(44)41-16-22(36)15-25(41)29(43)40-13-12-38-33(17-40)10-11-33)45-31-39-32(3,20-5-7-21(34)8-6-20)28(42(26)31)19-4-9-23(35)24(37)14-19/h4-9,14,18,22,25,28,38H,10-13,15-17H2,1-3H3/t22-,25+,28-,32+/m1/s1. The fourth-order valence-corrected chi connectivity index (χ4v) is 8.92. The molecule has 1 spiro atoms. The molecule has 45 heavy (non-hydrogen) atoms. The van der Waals surface area contributed by atoms with Crippen LogP contribution in [0.25, 0.3) is 0 Å². The molecule has 7 nitrogen and oxygen atoms in total. The van der Waals surface area contributed by atoms with Crippen LogP contribution in [0.5, 0.6) is 0 Å². The van der Waals surface area contributed by atoms with E-state index in [4.69, 9.17) is 28.2 Å². The second kappa shape index (κ2) is 11.2. The van der Waals surface area contributed by atoms with E-state index < -0.39 is 29.6 Å². The van der Waals surface area contributed by atoms with Crippen LogP contribution in [0.3, 0.4) is 0 Å². The van der Waals surface area contributed by atoms with Gasteiger partial charge in [0.05, 0.1) is 17.6 Å². The highest BCUT2D eigenvalue weighted by Crippen LogP contribution is 2.56. The minimum Gasteiger partial charge on any atom is -0.338 e. The summed E-state index contributed by atoms with van der Waals surface area (Å²) in [4.78, 5) is 39.1. The number of fused-ring (bicyclic) bond motifs is 1. The Hall–Kier alpha value is -2.66. The second-order valence-corrected chi connectivity index (χ2v) is 15.1. The summed E-state index contributed by atoms with van der Waals surface area (Å²) in [6.45, 7) is 7.65. The zero-order chi connectivity index (χ0) is 31.8. The van der Waals surface area contributed by atoms with Gasteiger partial charge in [0.1, 0.15) is 28.5 Å². The van der Waals surface area contributed by atoms with E-state index in [9.17, 15) is 14.0 Å². The zero-order valence-electron chi connectivity index (χ0n) is 25.3. The molecular weight excluding hydrogens is 639 g/mol. The lowest BCUT2D eigenvalue weighted by Gasteiger charge is -2.38. The van der Waals surface area contributed by atoms with Gasteiger partial charge in [-0.15, -0.1) is 0 Å². The maximum Gasteiger partial charge on any atom is 0.263 e. The number of hydrogen-bond donors (Lipinski definition) is 1. The van der Waals surface area contributed by atoms with Crippen molar-refractivity contribution in [2.75, 3.05) is 26.2 Å². The maximum absolute atomic E-state index is 15.0. The van der Waals surface area contributed by atoms with Gasteiger partial charge in [0, 0.05) is 42.3 Å². The lowest BCUT2D eigenvalue weighted by atomic mass is 9.81. The van der Waals surface area contributed by atoms with Crippen molar-refractivity contribution >= 4 is 51.9 Å². The highest BCUT2D eigenvalue weighted by molar-refractivity contribution is 8.18. The SMILES string of the molecule is CC(C)C1=C(C(=O)N2C[C@H](F)C[C@H]2C(=O)N2CCNC3(CC3)C2)SC2=N[C@@](C)(c3ccc(Cl)cc3)[C@@H](c3ccc(Cl)c(F)c3)N21. The number of benzene rings is 2. The summed E-state index contributed by atoms with van der Waals surface area (Å²) in [5, 5.41) is 4.70. The number of allylic oxidation sites excluding steroid dienone is 1. The number of nitrogens with one attached hydrogen (secondary N) is 1. The van der Waals surface area contributed by atoms with Gasteiger partial charge in [-0.2, -0.15) is 0 Å². The first-order valence-corrected chi connectivity index (χ1v) is 17.0. The molecule has 2 saturated heterocycles. The number of aliphatic imine (C=N–C) groups is 1. The Balaban J connectivity index is 1.26. The van der Waals surface area contributed by atoms with Crippen LogP contribution in [-0.2, 0) is 15.1 Å². The van der Waals surface area contributed by atoms with E-state index >= 15 is 4.39 Å². The first-order valence-electron chi connectivity index (χ1n) is 15.4. The molecule has 0 bridgehead atoms. The van der Waals surface area contributed by atoms with Gasteiger partial charge in [-0.1, -0.05) is 55.2 Å². The number of amides is 2. The molecule has 4 atom stereocenters. The molecule has 7 rings (SSSR count). The average Bonchev–Trinajstić information content (AvgIpc) is 3.32. The third-order valence-corrected chi connectivity index (χ3v) is 11.4. The lowest BCUT2D eigenvalue weighted by Crippen LogP contribution is -2.58. The van der Waals surface area contributed by atoms with Crippen LogP contribution in [0.1, 0.15) is 57.2 Å². The number of alkyl halides is 1. The molecule has 2 aromatic rings. The van der Waals surface area contributed by atoms with Crippen LogP contribution >= 0.6 is 35.0 Å². The van der Waals surface area contributed by atoms with Gasteiger partial charge < -0.3 is 20.0 Å². The fourth-order valence-electron chi connectivity index (χ4n) is 7.32. The smallest absolute Gasteiger partial charge is 0.263 e. The molecule has 4 heterocycles. The molecule has 1 saturated carbocycles. The number of thioether (sulfide) groups is 1. The molecule has 12 heteroatoms. The summed E-state index contributed by atoms with van der Waals surface area (Å²) >= 11 is 13.5. The largest absolute Gasteiger partial charge is 0.338 e. The summed E-state index contributed by atoms with van der Waals surface area (Å²) < 4.78 is 30.0. The lowest BCUT2D eigenvalue weighted by molar-refractivity contribution is -0.142. The molecule has 1 N–H and O–H groups in total. The molecule has 0 radical (unpaired) electrons. The average molecular weight is 675 g/mol. The third kappa shape index (κ3) is 5.26. The van der Waals surface area contributed by atoms with Crippen LogP contribution in [0, 0.1) is 11.7 Å². The summed E-state index contributed by atoms with van der Waals surface area (Å²) in [5.74, 6) is -1.25. The number of halogens is 4. The normalized spacial score (nSPS) is 28.8. The number of amidine groups is 1. The number of likely N-dealkylation sites (tertiary alicyclic amines) is 1. The van der Waals surface area contributed by atoms with Gasteiger partial charge in [0.15, 0.2) is 5.17 Å². The Morgan fingerprint density at radius 3 is 2.53 bits per heavy atom. The molecule has 1 aliphatic carbocycles.